The first kappa shape index (κ1) is 21.1. The van der Waals surface area contributed by atoms with Crippen molar-refractivity contribution >= 4 is 44.8 Å². The highest BCUT2D eigenvalue weighted by Gasteiger charge is 2.25. The molecule has 1 amide bonds. The first-order chi connectivity index (χ1) is 13.4. The number of carbonyl (C=O) groups excluding carboxylic acids is 1. The van der Waals surface area contributed by atoms with Gasteiger partial charge in [0.05, 0.1) is 14.9 Å². The van der Waals surface area contributed by atoms with Gasteiger partial charge in [-0.2, -0.15) is 4.31 Å². The molecule has 0 spiro atoms. The molecular formula is C20H22Cl2N2O3S. The summed E-state index contributed by atoms with van der Waals surface area (Å²) in [5.41, 5.74) is 1.49. The molecule has 0 bridgehead atoms. The molecule has 1 N–H and O–H groups in total. The van der Waals surface area contributed by atoms with Crippen molar-refractivity contribution in [2.75, 3.05) is 18.4 Å². The molecule has 1 aliphatic rings. The molecule has 2 aromatic rings. The number of nitrogens with zero attached hydrogens (tertiary/aromatic N) is 1. The van der Waals surface area contributed by atoms with Crippen molar-refractivity contribution in [3.05, 3.63) is 58.1 Å². The van der Waals surface area contributed by atoms with Crippen molar-refractivity contribution in [3.8, 4) is 0 Å². The summed E-state index contributed by atoms with van der Waals surface area (Å²) in [6.07, 6.45) is 3.68. The zero-order chi connectivity index (χ0) is 20.1. The van der Waals surface area contributed by atoms with E-state index in [-0.39, 0.29) is 12.3 Å². The van der Waals surface area contributed by atoms with Gasteiger partial charge in [-0.05, 0) is 55.2 Å². The SMILES string of the molecule is O=C(CCc1ccc(S(=O)(=O)N2CCCCC2)cc1)Nc1ccc(Cl)c(Cl)c1. The number of hydrogen-bond acceptors (Lipinski definition) is 3. The fraction of sp³-hybridized carbons (Fsp3) is 0.350. The Morgan fingerprint density at radius 2 is 1.64 bits per heavy atom. The first-order valence-corrected chi connectivity index (χ1v) is 11.4. The van der Waals surface area contributed by atoms with Crippen LogP contribution in [-0.2, 0) is 21.2 Å². The average molecular weight is 441 g/mol. The molecule has 1 heterocycles. The Labute approximate surface area is 175 Å². The quantitative estimate of drug-likeness (QED) is 0.704. The van der Waals surface area contributed by atoms with Gasteiger partial charge in [-0.3, -0.25) is 4.79 Å². The lowest BCUT2D eigenvalue weighted by atomic mass is 10.1. The monoisotopic (exact) mass is 440 g/mol. The van der Waals surface area contributed by atoms with Crippen LogP contribution in [0.4, 0.5) is 5.69 Å². The molecule has 0 unspecified atom stereocenters. The summed E-state index contributed by atoms with van der Waals surface area (Å²) in [6.45, 7) is 1.16. The smallest absolute Gasteiger partial charge is 0.243 e. The summed E-state index contributed by atoms with van der Waals surface area (Å²) < 4.78 is 26.9. The van der Waals surface area contributed by atoms with Crippen LogP contribution >= 0.6 is 23.2 Å². The van der Waals surface area contributed by atoms with E-state index in [4.69, 9.17) is 23.2 Å². The molecular weight excluding hydrogens is 419 g/mol. The minimum Gasteiger partial charge on any atom is -0.326 e. The summed E-state index contributed by atoms with van der Waals surface area (Å²) in [6, 6.07) is 11.7. The fourth-order valence-corrected chi connectivity index (χ4v) is 4.95. The van der Waals surface area contributed by atoms with Gasteiger partial charge in [0.2, 0.25) is 15.9 Å². The molecule has 1 aliphatic heterocycles. The molecule has 3 rings (SSSR count). The van der Waals surface area contributed by atoms with Gasteiger partial charge in [-0.25, -0.2) is 8.42 Å². The zero-order valence-electron chi connectivity index (χ0n) is 15.3. The normalized spacial score (nSPS) is 15.4. The lowest BCUT2D eigenvalue weighted by molar-refractivity contribution is -0.116. The molecule has 1 saturated heterocycles. The van der Waals surface area contributed by atoms with E-state index in [1.165, 1.54) is 0 Å². The van der Waals surface area contributed by atoms with E-state index in [9.17, 15) is 13.2 Å². The number of nitrogens with one attached hydrogen (secondary N) is 1. The molecule has 0 aromatic heterocycles. The van der Waals surface area contributed by atoms with Gasteiger partial charge in [0.25, 0.3) is 0 Å². The first-order valence-electron chi connectivity index (χ1n) is 9.20. The van der Waals surface area contributed by atoms with Gasteiger partial charge in [0, 0.05) is 25.2 Å². The summed E-state index contributed by atoms with van der Waals surface area (Å²) in [4.78, 5) is 12.4. The average Bonchev–Trinajstić information content (AvgIpc) is 2.70. The molecule has 0 atom stereocenters. The second-order valence-electron chi connectivity index (χ2n) is 6.79. The van der Waals surface area contributed by atoms with Crippen LogP contribution < -0.4 is 5.32 Å². The van der Waals surface area contributed by atoms with Crippen molar-refractivity contribution in [3.63, 3.8) is 0 Å². The summed E-state index contributed by atoms with van der Waals surface area (Å²) in [7, 11) is -3.43. The third kappa shape index (κ3) is 5.26. The number of rotatable bonds is 6. The molecule has 0 aliphatic carbocycles. The van der Waals surface area contributed by atoms with Crippen molar-refractivity contribution in [2.45, 2.75) is 37.0 Å². The molecule has 2 aromatic carbocycles. The maximum absolute atomic E-state index is 12.7. The molecule has 5 nitrogen and oxygen atoms in total. The van der Waals surface area contributed by atoms with E-state index in [1.807, 2.05) is 0 Å². The largest absolute Gasteiger partial charge is 0.326 e. The standard InChI is InChI=1S/C20H22Cl2N2O3S/c21-18-10-7-16(14-19(18)22)23-20(25)11-6-15-4-8-17(9-5-15)28(26,27)24-12-2-1-3-13-24/h4-5,7-10,14H,1-3,6,11-13H2,(H,23,25). The molecule has 1 fully saturated rings. The number of carbonyl (C=O) groups is 1. The lowest BCUT2D eigenvalue weighted by Gasteiger charge is -2.25. The number of hydrogen-bond donors (Lipinski definition) is 1. The van der Waals surface area contributed by atoms with E-state index in [0.29, 0.717) is 40.1 Å². The van der Waals surface area contributed by atoms with Crippen molar-refractivity contribution in [1.29, 1.82) is 0 Å². The van der Waals surface area contributed by atoms with Crippen LogP contribution in [0.25, 0.3) is 0 Å². The molecule has 0 saturated carbocycles. The van der Waals surface area contributed by atoms with Crippen LogP contribution in [-0.4, -0.2) is 31.7 Å². The number of aryl methyl sites for hydroxylation is 1. The van der Waals surface area contributed by atoms with E-state index < -0.39 is 10.0 Å². The van der Waals surface area contributed by atoms with E-state index in [2.05, 4.69) is 5.32 Å². The third-order valence-corrected chi connectivity index (χ3v) is 7.37. The number of halogens is 2. The molecule has 8 heteroatoms. The second kappa shape index (κ2) is 9.27. The van der Waals surface area contributed by atoms with Crippen LogP contribution in [0.2, 0.25) is 10.0 Å². The fourth-order valence-electron chi connectivity index (χ4n) is 3.14. The van der Waals surface area contributed by atoms with Crippen LogP contribution in [0.15, 0.2) is 47.4 Å². The Morgan fingerprint density at radius 3 is 2.29 bits per heavy atom. The number of piperidine rings is 1. The maximum Gasteiger partial charge on any atom is 0.243 e. The Hall–Kier alpha value is -1.60. The summed E-state index contributed by atoms with van der Waals surface area (Å²) >= 11 is 11.8. The Balaban J connectivity index is 1.56. The predicted molar refractivity (Wildman–Crippen MR) is 112 cm³/mol. The minimum absolute atomic E-state index is 0.150. The van der Waals surface area contributed by atoms with Crippen LogP contribution in [0, 0.1) is 0 Å². The van der Waals surface area contributed by atoms with Gasteiger partial charge in [-0.15, -0.1) is 0 Å². The van der Waals surface area contributed by atoms with E-state index >= 15 is 0 Å². The van der Waals surface area contributed by atoms with Crippen molar-refractivity contribution in [2.24, 2.45) is 0 Å². The zero-order valence-corrected chi connectivity index (χ0v) is 17.7. The molecule has 28 heavy (non-hydrogen) atoms. The van der Waals surface area contributed by atoms with Gasteiger partial charge in [0.1, 0.15) is 0 Å². The second-order valence-corrected chi connectivity index (χ2v) is 9.54. The van der Waals surface area contributed by atoms with Gasteiger partial charge >= 0.3 is 0 Å². The van der Waals surface area contributed by atoms with Gasteiger partial charge in [0.15, 0.2) is 0 Å². The van der Waals surface area contributed by atoms with Gasteiger partial charge in [-0.1, -0.05) is 41.8 Å². The third-order valence-electron chi connectivity index (χ3n) is 4.72. The number of amides is 1. The number of benzene rings is 2. The van der Waals surface area contributed by atoms with E-state index in [1.54, 1.807) is 46.8 Å². The van der Waals surface area contributed by atoms with Crippen molar-refractivity contribution < 1.29 is 13.2 Å². The minimum atomic E-state index is -3.43. The molecule has 150 valence electrons. The van der Waals surface area contributed by atoms with Gasteiger partial charge < -0.3 is 5.32 Å². The summed E-state index contributed by atoms with van der Waals surface area (Å²) in [5, 5.41) is 3.58. The predicted octanol–water partition coefficient (Wildman–Crippen LogP) is 4.74. The highest BCUT2D eigenvalue weighted by atomic mass is 35.5. The molecule has 0 radical (unpaired) electrons. The topological polar surface area (TPSA) is 66.5 Å². The number of anilines is 1. The van der Waals surface area contributed by atoms with Crippen LogP contribution in [0.5, 0.6) is 0 Å². The highest BCUT2D eigenvalue weighted by molar-refractivity contribution is 7.89. The Bertz CT molecular complexity index is 940. The van der Waals surface area contributed by atoms with Crippen molar-refractivity contribution in [1.82, 2.24) is 4.31 Å². The number of sulfonamides is 1. The van der Waals surface area contributed by atoms with Crippen LogP contribution in [0.1, 0.15) is 31.2 Å². The Morgan fingerprint density at radius 1 is 0.964 bits per heavy atom. The maximum atomic E-state index is 12.7. The summed E-state index contributed by atoms with van der Waals surface area (Å²) in [5.74, 6) is -0.150. The van der Waals surface area contributed by atoms with Crippen LogP contribution in [0.3, 0.4) is 0 Å². The lowest BCUT2D eigenvalue weighted by Crippen LogP contribution is -2.35. The Kier molecular flexibility index (Phi) is 6.99. The highest BCUT2D eigenvalue weighted by Crippen LogP contribution is 2.25. The van der Waals surface area contributed by atoms with E-state index in [0.717, 1.165) is 24.8 Å².